The van der Waals surface area contributed by atoms with E-state index in [1.165, 1.54) is 280 Å². The van der Waals surface area contributed by atoms with Crippen molar-refractivity contribution in [1.29, 1.82) is 0 Å². The Morgan fingerprint density at radius 1 is 0.288 bits per heavy atom. The molecule has 0 aromatic heterocycles. The molecule has 0 bridgehead atoms. The summed E-state index contributed by atoms with van der Waals surface area (Å²) in [6.45, 7) is 10.5. The van der Waals surface area contributed by atoms with Gasteiger partial charge in [0.05, 0.1) is 59.5 Å². The van der Waals surface area contributed by atoms with Gasteiger partial charge in [0.2, 0.25) is 0 Å². The third kappa shape index (κ3) is 14.8. The van der Waals surface area contributed by atoms with Gasteiger partial charge < -0.3 is 33.2 Å². The van der Waals surface area contributed by atoms with E-state index in [2.05, 4.69) is 158 Å². The predicted molar refractivity (Wildman–Crippen MR) is 446 cm³/mol. The molecule has 15 aromatic rings. The minimum Gasteiger partial charge on any atom is -0.491 e. The van der Waals surface area contributed by atoms with E-state index in [1.54, 1.807) is 18.9 Å². The Kier molecular flexibility index (Phi) is 23.9. The topological polar surface area (TPSA) is 88.7 Å². The first-order valence-corrected chi connectivity index (χ1v) is 41.0. The molecule has 0 spiro atoms. The van der Waals surface area contributed by atoms with Crippen LogP contribution in [0.4, 0.5) is 0 Å². The molecule has 0 aliphatic rings. The van der Waals surface area contributed by atoms with Crippen molar-refractivity contribution in [2.45, 2.75) is 161 Å². The molecular formula is C94H108N2O7S. The van der Waals surface area contributed by atoms with Crippen LogP contribution in [0.3, 0.4) is 0 Å². The van der Waals surface area contributed by atoms with Gasteiger partial charge in [-0.05, 0) is 251 Å². The molecule has 2 N–H and O–H groups in total. The predicted octanol–water partition coefficient (Wildman–Crippen LogP) is 24.3. The van der Waals surface area contributed by atoms with Crippen molar-refractivity contribution >= 4 is 141 Å². The standard InChI is InChI=1S/C94H108N2O7S/c1-6-8-10-12-14-16-18-20-22-24-28-62-54-74-70-30-26-32-72-78-58-66(64-34-38-68(39-35-64)102-50-48-99-45-44-98-43-42-97-5)60-80-81-61-67(65-36-40-69(41-37-65)103-51-49-100-46-47-101-52-53-104-94(95-3)96-4)59-79-73-33-27-31-71-75-55-63(29-25-23-21-19-17-15-13-11-9-7-2)57-77-76(56-62)84(74)90-88(82(70)72)92(86(78)80)93(87(79)81)89(83(71)73)91(90)85(75)77/h26-27,30-41,54-61,94-96H,6-25,28-29,42-53H2,1-5H3. The smallest absolute Gasteiger partial charge is 0.119 e. The van der Waals surface area contributed by atoms with Gasteiger partial charge in [0, 0.05) is 12.9 Å². The molecule has 10 heteroatoms. The van der Waals surface area contributed by atoms with Crippen LogP contribution in [0, 0.1) is 0 Å². The average Bonchev–Trinajstić information content (AvgIpc) is 0.644. The van der Waals surface area contributed by atoms with E-state index in [-0.39, 0.29) is 5.50 Å². The average molecular weight is 1410 g/mol. The monoisotopic (exact) mass is 1410 g/mol. The Morgan fingerprint density at radius 2 is 0.577 bits per heavy atom. The lowest BCUT2D eigenvalue weighted by molar-refractivity contribution is 0.0180. The molecule has 0 saturated carbocycles. The summed E-state index contributed by atoms with van der Waals surface area (Å²) in [7, 11) is 5.60. The van der Waals surface area contributed by atoms with Crippen LogP contribution in [0.25, 0.3) is 152 Å². The van der Waals surface area contributed by atoms with Gasteiger partial charge in [-0.1, -0.05) is 214 Å². The maximum absolute atomic E-state index is 6.35. The Balaban J connectivity index is 0.866. The fourth-order valence-electron chi connectivity index (χ4n) is 17.8. The highest BCUT2D eigenvalue weighted by molar-refractivity contribution is 7.99. The first-order valence-electron chi connectivity index (χ1n) is 40.0. The molecule has 0 atom stereocenters. The quantitative estimate of drug-likeness (QED) is 0.0166. The number of ether oxygens (including phenoxy) is 7. The maximum Gasteiger partial charge on any atom is 0.119 e. The largest absolute Gasteiger partial charge is 0.491 e. The van der Waals surface area contributed by atoms with Gasteiger partial charge in [-0.15, -0.1) is 11.8 Å². The summed E-state index contributed by atoms with van der Waals surface area (Å²) in [6.07, 6.45) is 28.9. The van der Waals surface area contributed by atoms with Crippen LogP contribution in [0.2, 0.25) is 0 Å². The lowest BCUT2D eigenvalue weighted by atomic mass is 9.72. The second-order valence-electron chi connectivity index (χ2n) is 29.6. The molecule has 0 fully saturated rings. The van der Waals surface area contributed by atoms with Crippen molar-refractivity contribution in [1.82, 2.24) is 10.6 Å². The highest BCUT2D eigenvalue weighted by Gasteiger charge is 2.33. The third-order valence-corrected chi connectivity index (χ3v) is 24.0. The SMILES string of the molecule is CCCCCCCCCCCCc1cc2c3cccc4c5cc(-c6ccc(OCCOCCOCCOC)cc6)cc6c7cc(-c8ccc(OCCOCCOCCSC(NC)NC)cc8)cc8c9cccc%10c%11cc(CCCCCCCCCCCC)cc%12c(c1)c2c1c(c34)c(c56)c(c87)c(c%109)c1c%11%12. The number of benzene rings is 15. The number of rotatable bonds is 47. The van der Waals surface area contributed by atoms with Gasteiger partial charge in [-0.3, -0.25) is 10.6 Å². The van der Waals surface area contributed by atoms with Crippen molar-refractivity contribution in [2.24, 2.45) is 0 Å². The van der Waals surface area contributed by atoms with Gasteiger partial charge in [-0.2, -0.15) is 0 Å². The lowest BCUT2D eigenvalue weighted by Gasteiger charge is -2.30. The van der Waals surface area contributed by atoms with Crippen LogP contribution in [-0.4, -0.2) is 105 Å². The number of thioether (sulfide) groups is 1. The van der Waals surface area contributed by atoms with Crippen molar-refractivity contribution in [3.63, 3.8) is 0 Å². The van der Waals surface area contributed by atoms with E-state index in [0.717, 1.165) is 41.2 Å². The molecule has 15 aromatic carbocycles. The second-order valence-corrected chi connectivity index (χ2v) is 30.8. The van der Waals surface area contributed by atoms with E-state index in [0.29, 0.717) is 72.7 Å². The van der Waals surface area contributed by atoms with E-state index < -0.39 is 0 Å². The van der Waals surface area contributed by atoms with E-state index >= 15 is 0 Å². The Labute approximate surface area is 619 Å². The summed E-state index contributed by atoms with van der Waals surface area (Å²) < 4.78 is 41.1. The highest BCUT2D eigenvalue weighted by atomic mass is 32.2. The normalized spacial score (nSPS) is 12.6. The number of nitrogens with one attached hydrogen (secondary N) is 2. The molecule has 0 heterocycles. The first-order chi connectivity index (χ1) is 51.5. The summed E-state index contributed by atoms with van der Waals surface area (Å²) >= 11 is 1.79. The minimum atomic E-state index is 0.216. The van der Waals surface area contributed by atoms with Crippen molar-refractivity contribution in [3.8, 4) is 33.8 Å². The molecule has 0 aliphatic carbocycles. The molecule has 15 rings (SSSR count). The fourth-order valence-corrected chi connectivity index (χ4v) is 18.5. The van der Waals surface area contributed by atoms with Crippen LogP contribution in [0.5, 0.6) is 11.5 Å². The molecule has 104 heavy (non-hydrogen) atoms. The Bertz CT molecular complexity index is 5160. The maximum atomic E-state index is 6.35. The van der Waals surface area contributed by atoms with Gasteiger partial charge in [0.1, 0.15) is 30.2 Å². The number of aryl methyl sites for hydroxylation is 2. The number of methoxy groups -OCH3 is 1. The van der Waals surface area contributed by atoms with E-state index in [1.807, 2.05) is 14.1 Å². The number of fused-ring (bicyclic) bond motifs is 6. The van der Waals surface area contributed by atoms with Crippen LogP contribution in [0.1, 0.15) is 153 Å². The third-order valence-electron chi connectivity index (χ3n) is 22.8. The van der Waals surface area contributed by atoms with Crippen LogP contribution < -0.4 is 20.1 Å². The Hall–Kier alpha value is -7.35. The summed E-state index contributed by atoms with van der Waals surface area (Å²) in [5.41, 5.74) is 7.86. The second kappa shape index (κ2) is 34.5. The van der Waals surface area contributed by atoms with E-state index in [9.17, 15) is 0 Å². The zero-order chi connectivity index (χ0) is 70.7. The Morgan fingerprint density at radius 3 is 0.923 bits per heavy atom. The summed E-state index contributed by atoms with van der Waals surface area (Å²) in [5, 5.41) is 39.8. The molecule has 9 nitrogen and oxygen atoms in total. The van der Waals surface area contributed by atoms with Gasteiger partial charge >= 0.3 is 0 Å². The molecule has 0 saturated heterocycles. The molecule has 0 radical (unpaired) electrons. The van der Waals surface area contributed by atoms with E-state index in [4.69, 9.17) is 33.2 Å². The van der Waals surface area contributed by atoms with Crippen LogP contribution >= 0.6 is 11.8 Å². The zero-order valence-corrected chi connectivity index (χ0v) is 63.4. The van der Waals surface area contributed by atoms with Crippen molar-refractivity contribution < 1.29 is 33.2 Å². The van der Waals surface area contributed by atoms with Crippen molar-refractivity contribution in [2.75, 3.05) is 99.6 Å². The van der Waals surface area contributed by atoms with Gasteiger partial charge in [-0.25, -0.2) is 0 Å². The molecular weight excluding hydrogens is 1300 g/mol. The van der Waals surface area contributed by atoms with Gasteiger partial charge in [0.15, 0.2) is 0 Å². The van der Waals surface area contributed by atoms with Crippen molar-refractivity contribution in [3.05, 3.63) is 145 Å². The molecule has 0 unspecified atom stereocenters. The molecule has 542 valence electrons. The molecule has 0 aliphatic heterocycles. The first kappa shape index (κ1) is 72.2. The molecule has 0 amide bonds. The fraction of sp³-hybridized carbons (Fsp3) is 0.426. The number of hydrogen-bond donors (Lipinski definition) is 2. The van der Waals surface area contributed by atoms with Crippen LogP contribution in [-0.2, 0) is 36.5 Å². The zero-order valence-electron chi connectivity index (χ0n) is 62.6. The summed E-state index contributed by atoms with van der Waals surface area (Å²) in [5.74, 6) is 2.55. The summed E-state index contributed by atoms with van der Waals surface area (Å²) in [6, 6.07) is 52.9. The highest BCUT2D eigenvalue weighted by Crippen LogP contribution is 2.61. The number of hydrogen-bond acceptors (Lipinski definition) is 10. The minimum absolute atomic E-state index is 0.216. The lowest BCUT2D eigenvalue weighted by Crippen LogP contribution is -2.35. The van der Waals surface area contributed by atoms with Gasteiger partial charge in [0.25, 0.3) is 0 Å². The number of unbranched alkanes of at least 4 members (excludes halogenated alkanes) is 18. The van der Waals surface area contributed by atoms with Crippen LogP contribution in [0.15, 0.2) is 133 Å². The summed E-state index contributed by atoms with van der Waals surface area (Å²) in [4.78, 5) is 0.